The lowest BCUT2D eigenvalue weighted by atomic mass is 10.2. The molecule has 0 atom stereocenters. The van der Waals surface area contributed by atoms with Crippen molar-refractivity contribution in [3.63, 3.8) is 0 Å². The molecule has 98 valence electrons. The zero-order chi connectivity index (χ0) is 13.7. The molecule has 1 aromatic carbocycles. The van der Waals surface area contributed by atoms with Crippen molar-refractivity contribution < 1.29 is 4.79 Å². The van der Waals surface area contributed by atoms with E-state index in [4.69, 9.17) is 5.73 Å². The van der Waals surface area contributed by atoms with Crippen LogP contribution in [0.5, 0.6) is 0 Å². The summed E-state index contributed by atoms with van der Waals surface area (Å²) in [5.74, 6) is 0. The second-order valence-electron chi connectivity index (χ2n) is 4.23. The number of nitrogens with one attached hydrogen (secondary N) is 2. The van der Waals surface area contributed by atoms with Crippen LogP contribution < -0.4 is 16.4 Å². The fourth-order valence-corrected chi connectivity index (χ4v) is 1.66. The van der Waals surface area contributed by atoms with Crippen molar-refractivity contribution in [3.05, 3.63) is 53.9 Å². The summed E-state index contributed by atoms with van der Waals surface area (Å²) in [7, 11) is 0. The number of nitrogens with zero attached hydrogens (tertiary/aromatic N) is 1. The zero-order valence-corrected chi connectivity index (χ0v) is 10.7. The van der Waals surface area contributed by atoms with Crippen LogP contribution in [0.2, 0.25) is 0 Å². The van der Waals surface area contributed by atoms with E-state index >= 15 is 0 Å². The summed E-state index contributed by atoms with van der Waals surface area (Å²) in [5.41, 5.74) is 8.74. The lowest BCUT2D eigenvalue weighted by Crippen LogP contribution is -2.19. The molecule has 2 amide bonds. The summed E-state index contributed by atoms with van der Waals surface area (Å²) in [6.45, 7) is 2.63. The molecule has 1 aromatic heterocycles. The maximum Gasteiger partial charge on any atom is 0.316 e. The third-order valence-corrected chi connectivity index (χ3v) is 2.60. The van der Waals surface area contributed by atoms with E-state index in [0.29, 0.717) is 12.2 Å². The number of carbonyl (C=O) groups is 1. The van der Waals surface area contributed by atoms with Crippen molar-refractivity contribution in [1.82, 2.24) is 4.98 Å². The van der Waals surface area contributed by atoms with Gasteiger partial charge in [0.05, 0.1) is 0 Å². The second-order valence-corrected chi connectivity index (χ2v) is 4.23. The SMILES string of the molecule is Cc1ccc(CNc2cccc(NC(N)=O)c2)cn1. The van der Waals surface area contributed by atoms with Crippen molar-refractivity contribution in [3.8, 4) is 0 Å². The molecule has 0 saturated carbocycles. The van der Waals surface area contributed by atoms with E-state index in [9.17, 15) is 4.79 Å². The molecule has 0 saturated heterocycles. The first-order chi connectivity index (χ1) is 9.13. The quantitative estimate of drug-likeness (QED) is 0.786. The number of carbonyl (C=O) groups excluding carboxylic acids is 1. The van der Waals surface area contributed by atoms with Crippen LogP contribution in [0.4, 0.5) is 16.2 Å². The molecule has 5 nitrogen and oxygen atoms in total. The number of hydrogen-bond acceptors (Lipinski definition) is 3. The predicted octanol–water partition coefficient (Wildman–Crippen LogP) is 2.49. The maximum atomic E-state index is 10.8. The standard InChI is InChI=1S/C14H16N4O/c1-10-5-6-11(8-16-10)9-17-12-3-2-4-13(7-12)18-14(15)19/h2-8,17H,9H2,1H3,(H3,15,18,19). The average molecular weight is 256 g/mol. The Kier molecular flexibility index (Phi) is 3.97. The van der Waals surface area contributed by atoms with Gasteiger partial charge in [0.15, 0.2) is 0 Å². The predicted molar refractivity (Wildman–Crippen MR) is 75.9 cm³/mol. The highest BCUT2D eigenvalue weighted by Crippen LogP contribution is 2.15. The van der Waals surface area contributed by atoms with Crippen molar-refractivity contribution >= 4 is 17.4 Å². The number of anilines is 2. The number of aromatic nitrogens is 1. The van der Waals surface area contributed by atoms with Crippen molar-refractivity contribution in [1.29, 1.82) is 0 Å². The zero-order valence-electron chi connectivity index (χ0n) is 10.7. The Hall–Kier alpha value is -2.56. The largest absolute Gasteiger partial charge is 0.381 e. The molecule has 2 aromatic rings. The highest BCUT2D eigenvalue weighted by atomic mass is 16.2. The summed E-state index contributed by atoms with van der Waals surface area (Å²) in [4.78, 5) is 15.0. The van der Waals surface area contributed by atoms with E-state index < -0.39 is 6.03 Å². The number of primary amides is 1. The van der Waals surface area contributed by atoms with Crippen LogP contribution in [-0.4, -0.2) is 11.0 Å². The molecule has 5 heteroatoms. The summed E-state index contributed by atoms with van der Waals surface area (Å²) in [6.07, 6.45) is 1.84. The first kappa shape index (κ1) is 12.9. The Morgan fingerprint density at radius 2 is 2.05 bits per heavy atom. The van der Waals surface area contributed by atoms with E-state index in [0.717, 1.165) is 16.9 Å². The smallest absolute Gasteiger partial charge is 0.316 e. The van der Waals surface area contributed by atoms with Gasteiger partial charge in [0.1, 0.15) is 0 Å². The summed E-state index contributed by atoms with van der Waals surface area (Å²) in [6, 6.07) is 10.8. The molecule has 0 aliphatic rings. The van der Waals surface area contributed by atoms with E-state index in [1.54, 1.807) is 6.07 Å². The number of urea groups is 1. The minimum absolute atomic E-state index is 0.570. The second kappa shape index (κ2) is 5.86. The van der Waals surface area contributed by atoms with E-state index in [1.165, 1.54) is 0 Å². The molecule has 0 fully saturated rings. The van der Waals surface area contributed by atoms with Crippen molar-refractivity contribution in [2.45, 2.75) is 13.5 Å². The molecule has 4 N–H and O–H groups in total. The van der Waals surface area contributed by atoms with E-state index in [-0.39, 0.29) is 0 Å². The summed E-state index contributed by atoms with van der Waals surface area (Å²) < 4.78 is 0. The highest BCUT2D eigenvalue weighted by Gasteiger charge is 1.98. The molecule has 0 spiro atoms. The Labute approximate surface area is 111 Å². The van der Waals surface area contributed by atoms with E-state index in [1.807, 2.05) is 43.5 Å². The summed E-state index contributed by atoms with van der Waals surface area (Å²) in [5, 5.41) is 5.80. The monoisotopic (exact) mass is 256 g/mol. The van der Waals surface area contributed by atoms with Gasteiger partial charge in [-0.15, -0.1) is 0 Å². The van der Waals surface area contributed by atoms with Crippen LogP contribution in [0.15, 0.2) is 42.6 Å². The molecular weight excluding hydrogens is 240 g/mol. The number of hydrogen-bond donors (Lipinski definition) is 3. The minimum Gasteiger partial charge on any atom is -0.381 e. The van der Waals surface area contributed by atoms with Crippen LogP contribution in [-0.2, 0) is 6.54 Å². The van der Waals surface area contributed by atoms with Gasteiger partial charge in [-0.25, -0.2) is 4.79 Å². The molecule has 0 unspecified atom stereocenters. The van der Waals surface area contributed by atoms with Gasteiger partial charge >= 0.3 is 6.03 Å². The number of aryl methyl sites for hydroxylation is 1. The molecule has 0 radical (unpaired) electrons. The van der Waals surface area contributed by atoms with Gasteiger partial charge in [-0.05, 0) is 36.8 Å². The highest BCUT2D eigenvalue weighted by molar-refractivity contribution is 5.88. The maximum absolute atomic E-state index is 10.8. The van der Waals surface area contributed by atoms with Gasteiger partial charge in [-0.1, -0.05) is 12.1 Å². The lowest BCUT2D eigenvalue weighted by molar-refractivity contribution is 0.259. The number of pyridine rings is 1. The van der Waals surface area contributed by atoms with Gasteiger partial charge in [0, 0.05) is 29.8 Å². The molecule has 0 bridgehead atoms. The average Bonchev–Trinajstić information content (AvgIpc) is 2.38. The van der Waals surface area contributed by atoms with Gasteiger partial charge in [-0.3, -0.25) is 4.98 Å². The van der Waals surface area contributed by atoms with Crippen molar-refractivity contribution in [2.24, 2.45) is 5.73 Å². The fourth-order valence-electron chi connectivity index (χ4n) is 1.66. The van der Waals surface area contributed by atoms with Crippen LogP contribution in [0.25, 0.3) is 0 Å². The topological polar surface area (TPSA) is 80.0 Å². The van der Waals surface area contributed by atoms with Gasteiger partial charge < -0.3 is 16.4 Å². The molecule has 0 aliphatic carbocycles. The van der Waals surface area contributed by atoms with Crippen LogP contribution >= 0.6 is 0 Å². The van der Waals surface area contributed by atoms with Crippen LogP contribution in [0, 0.1) is 6.92 Å². The van der Waals surface area contributed by atoms with Gasteiger partial charge in [0.2, 0.25) is 0 Å². The molecular formula is C14H16N4O. The number of amides is 2. The Balaban J connectivity index is 1.99. The third-order valence-electron chi connectivity index (χ3n) is 2.60. The number of benzene rings is 1. The van der Waals surface area contributed by atoms with Gasteiger partial charge in [0.25, 0.3) is 0 Å². The fraction of sp³-hybridized carbons (Fsp3) is 0.143. The summed E-state index contributed by atoms with van der Waals surface area (Å²) >= 11 is 0. The Morgan fingerprint density at radius 3 is 2.74 bits per heavy atom. The molecule has 1 heterocycles. The third kappa shape index (κ3) is 3.99. The first-order valence-corrected chi connectivity index (χ1v) is 5.95. The van der Waals surface area contributed by atoms with Crippen LogP contribution in [0.1, 0.15) is 11.3 Å². The molecule has 0 aliphatic heterocycles. The van der Waals surface area contributed by atoms with Crippen molar-refractivity contribution in [2.75, 3.05) is 10.6 Å². The van der Waals surface area contributed by atoms with E-state index in [2.05, 4.69) is 15.6 Å². The molecule has 19 heavy (non-hydrogen) atoms. The van der Waals surface area contributed by atoms with Crippen LogP contribution in [0.3, 0.4) is 0 Å². The molecule has 2 rings (SSSR count). The number of rotatable bonds is 4. The first-order valence-electron chi connectivity index (χ1n) is 5.95. The van der Waals surface area contributed by atoms with Gasteiger partial charge in [-0.2, -0.15) is 0 Å². The number of nitrogens with two attached hydrogens (primary N) is 1. The normalized spacial score (nSPS) is 9.95. The Morgan fingerprint density at radius 1 is 1.26 bits per heavy atom. The Bertz CT molecular complexity index is 566. The lowest BCUT2D eigenvalue weighted by Gasteiger charge is -2.08. The minimum atomic E-state index is -0.570.